The second kappa shape index (κ2) is 5.35. The number of aromatic nitrogens is 2. The minimum Gasteiger partial charge on any atom is -0.344 e. The monoisotopic (exact) mass is 307 g/mol. The molecule has 2 aromatic rings. The van der Waals surface area contributed by atoms with Crippen molar-refractivity contribution in [1.29, 1.82) is 0 Å². The van der Waals surface area contributed by atoms with Gasteiger partial charge in [-0.2, -0.15) is 0 Å². The van der Waals surface area contributed by atoms with Gasteiger partial charge in [0, 0.05) is 23.4 Å². The number of rotatable bonds is 3. The fourth-order valence-corrected chi connectivity index (χ4v) is 2.18. The Kier molecular flexibility index (Phi) is 3.81. The van der Waals surface area contributed by atoms with Crippen molar-refractivity contribution in [3.05, 3.63) is 46.3 Å². The van der Waals surface area contributed by atoms with Crippen LogP contribution < -0.4 is 5.32 Å². The summed E-state index contributed by atoms with van der Waals surface area (Å²) in [5.74, 6) is 0.451. The average Bonchev–Trinajstić information content (AvgIpc) is 2.81. The van der Waals surface area contributed by atoms with E-state index in [1.165, 1.54) is 0 Å². The van der Waals surface area contributed by atoms with Crippen molar-refractivity contribution in [2.24, 2.45) is 0 Å². The van der Waals surface area contributed by atoms with Crippen molar-refractivity contribution in [1.82, 2.24) is 9.55 Å². The van der Waals surface area contributed by atoms with Crippen molar-refractivity contribution in [2.45, 2.75) is 20.4 Å². The van der Waals surface area contributed by atoms with E-state index in [4.69, 9.17) is 0 Å². The lowest BCUT2D eigenvalue weighted by Gasteiger charge is -2.09. The number of hydrogen-bond acceptors (Lipinski definition) is 2. The summed E-state index contributed by atoms with van der Waals surface area (Å²) >= 11 is 3.34. The van der Waals surface area contributed by atoms with Crippen LogP contribution in [-0.4, -0.2) is 15.5 Å². The topological polar surface area (TPSA) is 46.9 Å². The Labute approximate surface area is 114 Å². The smallest absolute Gasteiger partial charge is 0.273 e. The van der Waals surface area contributed by atoms with Crippen molar-refractivity contribution in [3.63, 3.8) is 0 Å². The van der Waals surface area contributed by atoms with Crippen molar-refractivity contribution >= 4 is 27.7 Å². The van der Waals surface area contributed by atoms with Crippen LogP contribution in [-0.2, 0) is 6.54 Å². The third-order valence-corrected chi connectivity index (χ3v) is 3.11. The molecule has 0 aliphatic heterocycles. The Balaban J connectivity index is 2.21. The molecule has 0 saturated heterocycles. The first-order valence-electron chi connectivity index (χ1n) is 5.70. The summed E-state index contributed by atoms with van der Waals surface area (Å²) in [6, 6.07) is 5.58. The van der Waals surface area contributed by atoms with Gasteiger partial charge in [0.25, 0.3) is 5.91 Å². The van der Waals surface area contributed by atoms with Crippen molar-refractivity contribution in [3.8, 4) is 0 Å². The maximum Gasteiger partial charge on any atom is 0.273 e. The zero-order valence-electron chi connectivity index (χ0n) is 10.3. The van der Waals surface area contributed by atoms with Gasteiger partial charge in [0.2, 0.25) is 0 Å². The third-order valence-electron chi connectivity index (χ3n) is 2.68. The minimum atomic E-state index is -0.139. The number of carbonyl (C=O) groups is 1. The van der Waals surface area contributed by atoms with Crippen LogP contribution in [0.5, 0.6) is 0 Å². The first kappa shape index (κ1) is 12.8. The number of pyridine rings is 1. The van der Waals surface area contributed by atoms with Gasteiger partial charge < -0.3 is 9.88 Å². The fourth-order valence-electron chi connectivity index (χ4n) is 1.74. The highest BCUT2D eigenvalue weighted by Crippen LogP contribution is 2.17. The molecule has 0 unspecified atom stereocenters. The standard InChI is InChI=1S/C13H14BrN3O/c1-3-17-6-4-5-11(17)13(18)16-12-9(2)7-10(14)8-15-12/h4-8H,3H2,1-2H3,(H,15,16,18). The molecule has 0 fully saturated rings. The summed E-state index contributed by atoms with van der Waals surface area (Å²) in [6.45, 7) is 4.68. The SMILES string of the molecule is CCn1cccc1C(=O)Nc1ncc(Br)cc1C. The van der Waals surface area contributed by atoms with Crippen molar-refractivity contribution < 1.29 is 4.79 Å². The maximum absolute atomic E-state index is 12.1. The summed E-state index contributed by atoms with van der Waals surface area (Å²) < 4.78 is 2.79. The zero-order chi connectivity index (χ0) is 13.1. The Morgan fingerprint density at radius 3 is 3.00 bits per heavy atom. The van der Waals surface area contributed by atoms with Gasteiger partial charge in [0.15, 0.2) is 0 Å². The molecule has 0 spiro atoms. The number of nitrogens with zero attached hydrogens (tertiary/aromatic N) is 2. The highest BCUT2D eigenvalue weighted by Gasteiger charge is 2.12. The molecule has 0 saturated carbocycles. The molecule has 18 heavy (non-hydrogen) atoms. The van der Waals surface area contributed by atoms with E-state index >= 15 is 0 Å². The van der Waals surface area contributed by atoms with Crippen LogP contribution in [0.4, 0.5) is 5.82 Å². The van der Waals surface area contributed by atoms with E-state index in [2.05, 4.69) is 26.2 Å². The first-order valence-corrected chi connectivity index (χ1v) is 6.49. The van der Waals surface area contributed by atoms with Gasteiger partial charge in [0.05, 0.1) is 0 Å². The zero-order valence-corrected chi connectivity index (χ0v) is 11.9. The Morgan fingerprint density at radius 1 is 1.56 bits per heavy atom. The Morgan fingerprint density at radius 2 is 2.33 bits per heavy atom. The molecule has 1 N–H and O–H groups in total. The number of anilines is 1. The van der Waals surface area contributed by atoms with E-state index in [0.29, 0.717) is 11.5 Å². The lowest BCUT2D eigenvalue weighted by Crippen LogP contribution is -2.17. The van der Waals surface area contributed by atoms with Gasteiger partial charge >= 0.3 is 0 Å². The van der Waals surface area contributed by atoms with Crippen LogP contribution in [0.1, 0.15) is 23.0 Å². The normalized spacial score (nSPS) is 10.4. The van der Waals surface area contributed by atoms with Gasteiger partial charge in [-0.05, 0) is 53.5 Å². The van der Waals surface area contributed by atoms with Gasteiger partial charge in [-0.1, -0.05) is 0 Å². The van der Waals surface area contributed by atoms with E-state index in [1.807, 2.05) is 36.7 Å². The van der Waals surface area contributed by atoms with Crippen LogP contribution in [0.2, 0.25) is 0 Å². The maximum atomic E-state index is 12.1. The Hall–Kier alpha value is -1.62. The molecule has 1 amide bonds. The van der Waals surface area contributed by atoms with Gasteiger partial charge in [-0.3, -0.25) is 4.79 Å². The van der Waals surface area contributed by atoms with Crippen LogP contribution in [0.15, 0.2) is 35.1 Å². The Bertz CT molecular complexity index is 577. The molecule has 2 aromatic heterocycles. The molecule has 0 aromatic carbocycles. The summed E-state index contributed by atoms with van der Waals surface area (Å²) in [4.78, 5) is 16.3. The molecule has 2 heterocycles. The first-order chi connectivity index (χ1) is 8.61. The van der Waals surface area contributed by atoms with Crippen LogP contribution in [0.3, 0.4) is 0 Å². The molecule has 4 nitrogen and oxygen atoms in total. The quantitative estimate of drug-likeness (QED) is 0.946. The van der Waals surface area contributed by atoms with Crippen LogP contribution >= 0.6 is 15.9 Å². The third kappa shape index (κ3) is 2.61. The predicted octanol–water partition coefficient (Wildman–Crippen LogP) is 3.23. The average molecular weight is 308 g/mol. The predicted molar refractivity (Wildman–Crippen MR) is 74.7 cm³/mol. The number of halogens is 1. The van der Waals surface area contributed by atoms with Gasteiger partial charge in [-0.15, -0.1) is 0 Å². The second-order valence-electron chi connectivity index (χ2n) is 3.95. The minimum absolute atomic E-state index is 0.139. The van der Waals surface area contributed by atoms with Crippen LogP contribution in [0.25, 0.3) is 0 Å². The van der Waals surface area contributed by atoms with Crippen molar-refractivity contribution in [2.75, 3.05) is 5.32 Å². The number of aryl methyl sites for hydroxylation is 2. The molecule has 5 heteroatoms. The van der Waals surface area contributed by atoms with E-state index in [1.54, 1.807) is 12.3 Å². The highest BCUT2D eigenvalue weighted by molar-refractivity contribution is 9.10. The molecule has 0 bridgehead atoms. The number of amides is 1. The summed E-state index contributed by atoms with van der Waals surface area (Å²) in [5.41, 5.74) is 1.56. The summed E-state index contributed by atoms with van der Waals surface area (Å²) in [7, 11) is 0. The highest BCUT2D eigenvalue weighted by atomic mass is 79.9. The second-order valence-corrected chi connectivity index (χ2v) is 4.87. The van der Waals surface area contributed by atoms with E-state index < -0.39 is 0 Å². The molecule has 0 aliphatic carbocycles. The van der Waals surface area contributed by atoms with E-state index in [0.717, 1.165) is 16.6 Å². The molecule has 2 rings (SSSR count). The van der Waals surface area contributed by atoms with E-state index in [-0.39, 0.29) is 5.91 Å². The molecule has 0 radical (unpaired) electrons. The number of hydrogen-bond donors (Lipinski definition) is 1. The summed E-state index contributed by atoms with van der Waals surface area (Å²) in [5, 5.41) is 2.82. The van der Waals surface area contributed by atoms with Gasteiger partial charge in [-0.25, -0.2) is 4.98 Å². The molecule has 94 valence electrons. The van der Waals surface area contributed by atoms with E-state index in [9.17, 15) is 4.79 Å². The number of carbonyl (C=O) groups excluding carboxylic acids is 1. The fraction of sp³-hybridized carbons (Fsp3) is 0.231. The van der Waals surface area contributed by atoms with Gasteiger partial charge in [0.1, 0.15) is 11.5 Å². The van der Waals surface area contributed by atoms with Crippen LogP contribution in [0, 0.1) is 6.92 Å². The molecular weight excluding hydrogens is 294 g/mol. The molecule has 0 aliphatic rings. The molecule has 0 atom stereocenters. The number of nitrogens with one attached hydrogen (secondary N) is 1. The molecular formula is C13H14BrN3O. The lowest BCUT2D eigenvalue weighted by atomic mass is 10.3. The summed E-state index contributed by atoms with van der Waals surface area (Å²) in [6.07, 6.45) is 3.55. The lowest BCUT2D eigenvalue weighted by molar-refractivity contribution is 0.101. The largest absolute Gasteiger partial charge is 0.344 e.